The van der Waals surface area contributed by atoms with E-state index >= 15 is 0 Å². The lowest BCUT2D eigenvalue weighted by molar-refractivity contribution is -0.907. The number of hydrogen-bond donors (Lipinski definition) is 2. The summed E-state index contributed by atoms with van der Waals surface area (Å²) in [4.78, 5) is 13.2. The van der Waals surface area contributed by atoms with Gasteiger partial charge in [-0.3, -0.25) is 4.79 Å². The number of carbonyl (C=O) groups is 1. The Morgan fingerprint density at radius 2 is 1.81 bits per heavy atom. The molecular weight excluding hydrogens is 361 g/mol. The van der Waals surface area contributed by atoms with Crippen LogP contribution in [0.5, 0.6) is 11.5 Å². The molecule has 2 rings (SSSR count). The van der Waals surface area contributed by atoms with Gasteiger partial charge in [0.25, 0.3) is 5.91 Å². The van der Waals surface area contributed by atoms with Gasteiger partial charge in [-0.1, -0.05) is 0 Å². The van der Waals surface area contributed by atoms with Crippen molar-refractivity contribution in [3.8, 4) is 11.5 Å². The highest BCUT2D eigenvalue weighted by Gasteiger charge is 2.25. The van der Waals surface area contributed by atoms with Crippen molar-refractivity contribution in [1.82, 2.24) is 0 Å². The minimum Gasteiger partial charge on any atom is -0.497 e. The third-order valence-corrected chi connectivity index (χ3v) is 4.39. The van der Waals surface area contributed by atoms with Crippen LogP contribution in [0.1, 0.15) is 12.5 Å². The SMILES string of the molecule is COc1ccc(C[NH+](C)[C@@H](C)C(=O)Nc2ccc(F)c(F)c2F)c(OC)c1. The summed E-state index contributed by atoms with van der Waals surface area (Å²) in [7, 11) is 4.88. The fraction of sp³-hybridized carbons (Fsp3) is 0.316. The number of carbonyl (C=O) groups excluding carboxylic acids is 1. The van der Waals surface area contributed by atoms with Crippen molar-refractivity contribution in [3.05, 3.63) is 53.3 Å². The zero-order valence-electron chi connectivity index (χ0n) is 15.5. The van der Waals surface area contributed by atoms with Crippen LogP contribution in [0, 0.1) is 17.5 Å². The summed E-state index contributed by atoms with van der Waals surface area (Å²) in [5.74, 6) is -3.62. The molecule has 0 aliphatic rings. The second-order valence-electron chi connectivity index (χ2n) is 6.13. The third-order valence-electron chi connectivity index (χ3n) is 4.39. The molecule has 0 saturated carbocycles. The molecule has 0 spiro atoms. The van der Waals surface area contributed by atoms with E-state index in [-0.39, 0.29) is 0 Å². The molecule has 27 heavy (non-hydrogen) atoms. The lowest BCUT2D eigenvalue weighted by Gasteiger charge is -2.22. The standard InChI is InChI=1S/C19H21F3N2O3/c1-11(19(25)23-15-8-7-14(20)17(21)18(15)22)24(2)10-12-5-6-13(26-3)9-16(12)27-4/h5-9,11H,10H2,1-4H3,(H,23,25)/p+1/t11-/m0/s1. The lowest BCUT2D eigenvalue weighted by Crippen LogP contribution is -3.12. The minimum absolute atomic E-state index is 0.402. The van der Waals surface area contributed by atoms with Gasteiger partial charge in [-0.05, 0) is 31.2 Å². The van der Waals surface area contributed by atoms with Crippen LogP contribution in [0.4, 0.5) is 18.9 Å². The maximum Gasteiger partial charge on any atom is 0.282 e. The predicted octanol–water partition coefficient (Wildman–Crippen LogP) is 2.16. The normalized spacial score (nSPS) is 13.0. The van der Waals surface area contributed by atoms with Crippen LogP contribution in [-0.2, 0) is 11.3 Å². The summed E-state index contributed by atoms with van der Waals surface area (Å²) in [5, 5.41) is 2.30. The van der Waals surface area contributed by atoms with Crippen LogP contribution in [0.15, 0.2) is 30.3 Å². The number of ether oxygens (including phenoxy) is 2. The molecule has 8 heteroatoms. The Balaban J connectivity index is 2.10. The molecule has 2 N–H and O–H groups in total. The smallest absolute Gasteiger partial charge is 0.282 e. The molecule has 0 fully saturated rings. The number of methoxy groups -OCH3 is 2. The fourth-order valence-corrected chi connectivity index (χ4v) is 2.54. The van der Waals surface area contributed by atoms with E-state index in [1.54, 1.807) is 33.2 Å². The molecule has 0 radical (unpaired) electrons. The van der Waals surface area contributed by atoms with Gasteiger partial charge in [-0.25, -0.2) is 13.2 Å². The summed E-state index contributed by atoms with van der Waals surface area (Å²) >= 11 is 0. The van der Waals surface area contributed by atoms with Gasteiger partial charge in [0.15, 0.2) is 23.5 Å². The largest absolute Gasteiger partial charge is 0.497 e. The molecule has 0 bridgehead atoms. The van der Waals surface area contributed by atoms with Gasteiger partial charge < -0.3 is 19.7 Å². The monoisotopic (exact) mass is 383 g/mol. The molecule has 2 aromatic carbocycles. The van der Waals surface area contributed by atoms with Crippen molar-refractivity contribution >= 4 is 11.6 Å². The molecule has 1 unspecified atom stereocenters. The number of amides is 1. The predicted molar refractivity (Wildman–Crippen MR) is 94.5 cm³/mol. The summed E-state index contributed by atoms with van der Waals surface area (Å²) < 4.78 is 50.5. The first-order valence-electron chi connectivity index (χ1n) is 8.26. The van der Waals surface area contributed by atoms with Crippen LogP contribution in [0.2, 0.25) is 0 Å². The third kappa shape index (κ3) is 4.71. The molecule has 0 aliphatic heterocycles. The number of halogens is 3. The Labute approximate surface area is 155 Å². The van der Waals surface area contributed by atoms with Crippen LogP contribution >= 0.6 is 0 Å². The molecule has 0 aromatic heterocycles. The van der Waals surface area contributed by atoms with Gasteiger partial charge in [-0.2, -0.15) is 0 Å². The molecule has 146 valence electrons. The van der Waals surface area contributed by atoms with E-state index in [0.717, 1.165) is 22.6 Å². The summed E-state index contributed by atoms with van der Waals surface area (Å²) in [6, 6.07) is 6.51. The van der Waals surface area contributed by atoms with E-state index in [1.807, 2.05) is 6.07 Å². The highest BCUT2D eigenvalue weighted by molar-refractivity contribution is 5.93. The number of quaternary nitrogens is 1. The van der Waals surface area contributed by atoms with Gasteiger partial charge in [0, 0.05) is 11.6 Å². The minimum atomic E-state index is -1.62. The molecule has 2 aromatic rings. The Hall–Kier alpha value is -2.74. The van der Waals surface area contributed by atoms with E-state index in [9.17, 15) is 18.0 Å². The van der Waals surface area contributed by atoms with Crippen molar-refractivity contribution in [1.29, 1.82) is 0 Å². The highest BCUT2D eigenvalue weighted by Crippen LogP contribution is 2.24. The lowest BCUT2D eigenvalue weighted by atomic mass is 10.1. The average molecular weight is 383 g/mol. The Bertz CT molecular complexity index is 830. The Morgan fingerprint density at radius 3 is 2.44 bits per heavy atom. The second kappa shape index (κ2) is 8.77. The molecule has 5 nitrogen and oxygen atoms in total. The van der Waals surface area contributed by atoms with E-state index in [2.05, 4.69) is 5.32 Å². The van der Waals surface area contributed by atoms with Gasteiger partial charge in [0.1, 0.15) is 18.0 Å². The van der Waals surface area contributed by atoms with E-state index in [4.69, 9.17) is 9.47 Å². The molecule has 0 heterocycles. The van der Waals surface area contributed by atoms with Gasteiger partial charge in [-0.15, -0.1) is 0 Å². The quantitative estimate of drug-likeness (QED) is 0.721. The number of benzene rings is 2. The second-order valence-corrected chi connectivity index (χ2v) is 6.13. The summed E-state index contributed by atoms with van der Waals surface area (Å²) in [6.07, 6.45) is 0. The highest BCUT2D eigenvalue weighted by atomic mass is 19.2. The molecule has 2 atom stereocenters. The number of rotatable bonds is 7. The Kier molecular flexibility index (Phi) is 6.68. The Morgan fingerprint density at radius 1 is 1.11 bits per heavy atom. The van der Waals surface area contributed by atoms with Crippen LogP contribution in [0.3, 0.4) is 0 Å². The van der Waals surface area contributed by atoms with E-state index in [1.165, 1.54) is 7.11 Å². The number of likely N-dealkylation sites (N-methyl/N-ethyl adjacent to an activating group) is 1. The van der Waals surface area contributed by atoms with Crippen molar-refractivity contribution in [3.63, 3.8) is 0 Å². The molecule has 0 aliphatic carbocycles. The zero-order valence-corrected chi connectivity index (χ0v) is 15.5. The molecule has 1 amide bonds. The summed E-state index contributed by atoms with van der Waals surface area (Å²) in [5.41, 5.74) is 0.454. The van der Waals surface area contributed by atoms with Crippen LogP contribution in [0.25, 0.3) is 0 Å². The fourth-order valence-electron chi connectivity index (χ4n) is 2.54. The maximum absolute atomic E-state index is 13.7. The van der Waals surface area contributed by atoms with Crippen LogP contribution in [-0.4, -0.2) is 33.2 Å². The van der Waals surface area contributed by atoms with Crippen molar-refractivity contribution in [2.24, 2.45) is 0 Å². The molecular formula is C19H22F3N2O3+. The maximum atomic E-state index is 13.7. The number of nitrogens with one attached hydrogen (secondary N) is 2. The first kappa shape index (κ1) is 20.6. The van der Waals surface area contributed by atoms with Crippen LogP contribution < -0.4 is 19.7 Å². The van der Waals surface area contributed by atoms with Gasteiger partial charge in [0.2, 0.25) is 0 Å². The van der Waals surface area contributed by atoms with Crippen molar-refractivity contribution in [2.75, 3.05) is 26.6 Å². The first-order chi connectivity index (χ1) is 12.8. The van der Waals surface area contributed by atoms with Gasteiger partial charge in [0.05, 0.1) is 27.0 Å². The summed E-state index contributed by atoms with van der Waals surface area (Å²) in [6.45, 7) is 2.10. The van der Waals surface area contributed by atoms with Crippen molar-refractivity contribution in [2.45, 2.75) is 19.5 Å². The molecule has 0 saturated heterocycles. The number of hydrogen-bond acceptors (Lipinski definition) is 3. The topological polar surface area (TPSA) is 52.0 Å². The van der Waals surface area contributed by atoms with E-state index < -0.39 is 35.1 Å². The van der Waals surface area contributed by atoms with Crippen molar-refractivity contribution < 1.29 is 32.3 Å². The first-order valence-corrected chi connectivity index (χ1v) is 8.26. The van der Waals surface area contributed by atoms with Gasteiger partial charge >= 0.3 is 0 Å². The van der Waals surface area contributed by atoms with E-state index in [0.29, 0.717) is 18.0 Å². The number of anilines is 1. The zero-order chi connectivity index (χ0) is 20.1. The average Bonchev–Trinajstić information content (AvgIpc) is 2.67.